The van der Waals surface area contributed by atoms with Gasteiger partial charge in [0.1, 0.15) is 18.1 Å². The van der Waals surface area contributed by atoms with Crippen LogP contribution in [-0.2, 0) is 16.1 Å². The smallest absolute Gasteiger partial charge is 0.338 e. The molecule has 1 amide bonds. The molecule has 3 aromatic carbocycles. The van der Waals surface area contributed by atoms with Crippen LogP contribution in [0.4, 0.5) is 5.69 Å². The molecule has 0 radical (unpaired) electrons. The van der Waals surface area contributed by atoms with Crippen LogP contribution in [0.3, 0.4) is 0 Å². The third-order valence-corrected chi connectivity index (χ3v) is 4.57. The fourth-order valence-corrected chi connectivity index (χ4v) is 3.04. The predicted octanol–water partition coefficient (Wildman–Crippen LogP) is 4.83. The first-order valence-electron chi connectivity index (χ1n) is 9.12. The van der Waals surface area contributed by atoms with Crippen molar-refractivity contribution in [3.05, 3.63) is 88.4 Å². The van der Waals surface area contributed by atoms with Crippen LogP contribution in [0.5, 0.6) is 11.5 Å². The van der Waals surface area contributed by atoms with Crippen molar-refractivity contribution in [3.8, 4) is 11.5 Å². The second-order valence-corrected chi connectivity index (χ2v) is 7.21. The van der Waals surface area contributed by atoms with Crippen molar-refractivity contribution in [2.24, 2.45) is 0 Å². The van der Waals surface area contributed by atoms with Gasteiger partial charge in [0.15, 0.2) is 6.61 Å². The molecule has 0 spiro atoms. The Morgan fingerprint density at radius 1 is 0.933 bits per heavy atom. The van der Waals surface area contributed by atoms with Gasteiger partial charge in [-0.1, -0.05) is 34.1 Å². The standard InChI is InChI=1S/C23H20BrNO5/c1-28-21-7-3-6-19(13-21)25-22(26)15-29-20-10-8-17(9-11-20)23(27)30-14-16-4-2-5-18(24)12-16/h2-13H,14-15H2,1H3,(H,25,26). The molecular formula is C23H20BrNO5. The minimum atomic E-state index is -0.433. The number of nitrogens with one attached hydrogen (secondary N) is 1. The van der Waals surface area contributed by atoms with E-state index in [1.165, 1.54) is 0 Å². The van der Waals surface area contributed by atoms with Crippen LogP contribution in [0.25, 0.3) is 0 Å². The van der Waals surface area contributed by atoms with Crippen molar-refractivity contribution in [3.63, 3.8) is 0 Å². The van der Waals surface area contributed by atoms with Gasteiger partial charge in [0, 0.05) is 16.2 Å². The van der Waals surface area contributed by atoms with E-state index < -0.39 is 5.97 Å². The SMILES string of the molecule is COc1cccc(NC(=O)COc2ccc(C(=O)OCc3cccc(Br)c3)cc2)c1. The highest BCUT2D eigenvalue weighted by atomic mass is 79.9. The van der Waals surface area contributed by atoms with Gasteiger partial charge in [0.2, 0.25) is 0 Å². The Labute approximate surface area is 182 Å². The molecule has 0 fully saturated rings. The molecule has 0 aliphatic carbocycles. The summed E-state index contributed by atoms with van der Waals surface area (Å²) < 4.78 is 16.8. The maximum atomic E-state index is 12.2. The van der Waals surface area contributed by atoms with Gasteiger partial charge in [-0.25, -0.2) is 4.79 Å². The zero-order valence-corrected chi connectivity index (χ0v) is 17.8. The Balaban J connectivity index is 1.47. The van der Waals surface area contributed by atoms with Crippen LogP contribution >= 0.6 is 15.9 Å². The quantitative estimate of drug-likeness (QED) is 0.478. The fourth-order valence-electron chi connectivity index (χ4n) is 2.59. The van der Waals surface area contributed by atoms with Crippen molar-refractivity contribution in [1.82, 2.24) is 0 Å². The number of carbonyl (C=O) groups is 2. The summed E-state index contributed by atoms with van der Waals surface area (Å²) in [4.78, 5) is 24.2. The van der Waals surface area contributed by atoms with E-state index in [9.17, 15) is 9.59 Å². The van der Waals surface area contributed by atoms with E-state index in [4.69, 9.17) is 14.2 Å². The first-order valence-corrected chi connectivity index (χ1v) is 9.91. The van der Waals surface area contributed by atoms with Gasteiger partial charge in [-0.15, -0.1) is 0 Å². The minimum Gasteiger partial charge on any atom is -0.497 e. The molecule has 6 nitrogen and oxygen atoms in total. The molecule has 0 bridgehead atoms. The Morgan fingerprint density at radius 3 is 2.43 bits per heavy atom. The second-order valence-electron chi connectivity index (χ2n) is 6.30. The Morgan fingerprint density at radius 2 is 1.70 bits per heavy atom. The molecule has 3 aromatic rings. The molecule has 30 heavy (non-hydrogen) atoms. The normalized spacial score (nSPS) is 10.2. The summed E-state index contributed by atoms with van der Waals surface area (Å²) in [6.45, 7) is 0.0187. The molecule has 0 heterocycles. The average Bonchev–Trinajstić information content (AvgIpc) is 2.76. The lowest BCUT2D eigenvalue weighted by molar-refractivity contribution is -0.118. The molecule has 0 aliphatic rings. The fraction of sp³-hybridized carbons (Fsp3) is 0.130. The minimum absolute atomic E-state index is 0.163. The summed E-state index contributed by atoms with van der Waals surface area (Å²) in [5, 5.41) is 2.73. The molecule has 0 unspecified atom stereocenters. The van der Waals surface area contributed by atoms with Gasteiger partial charge in [0.25, 0.3) is 5.91 Å². The van der Waals surface area contributed by atoms with Crippen molar-refractivity contribution in [2.45, 2.75) is 6.61 Å². The number of hydrogen-bond acceptors (Lipinski definition) is 5. The van der Waals surface area contributed by atoms with E-state index in [1.807, 2.05) is 24.3 Å². The lowest BCUT2D eigenvalue weighted by Crippen LogP contribution is -2.20. The average molecular weight is 470 g/mol. The summed E-state index contributed by atoms with van der Waals surface area (Å²) in [6.07, 6.45) is 0. The molecule has 3 rings (SSSR count). The molecule has 154 valence electrons. The topological polar surface area (TPSA) is 73.9 Å². The van der Waals surface area contributed by atoms with E-state index in [0.717, 1.165) is 10.0 Å². The molecule has 0 atom stereocenters. The van der Waals surface area contributed by atoms with Crippen molar-refractivity contribution in [1.29, 1.82) is 0 Å². The predicted molar refractivity (Wildman–Crippen MR) is 117 cm³/mol. The number of methoxy groups -OCH3 is 1. The number of esters is 1. The van der Waals surface area contributed by atoms with Gasteiger partial charge in [-0.2, -0.15) is 0 Å². The zero-order chi connectivity index (χ0) is 21.3. The number of rotatable bonds is 8. The van der Waals surface area contributed by atoms with Gasteiger partial charge < -0.3 is 19.5 Å². The molecule has 0 aliphatic heterocycles. The zero-order valence-electron chi connectivity index (χ0n) is 16.3. The van der Waals surface area contributed by atoms with Crippen LogP contribution in [0.15, 0.2) is 77.3 Å². The highest BCUT2D eigenvalue weighted by molar-refractivity contribution is 9.10. The Kier molecular flexibility index (Phi) is 7.45. The summed E-state index contributed by atoms with van der Waals surface area (Å²) in [5.74, 6) is 0.383. The van der Waals surface area contributed by atoms with Crippen molar-refractivity contribution < 1.29 is 23.8 Å². The molecule has 7 heteroatoms. The molecule has 0 saturated heterocycles. The number of ether oxygens (including phenoxy) is 3. The van der Waals surface area contributed by atoms with E-state index in [1.54, 1.807) is 55.6 Å². The largest absolute Gasteiger partial charge is 0.497 e. The van der Waals surface area contributed by atoms with Crippen LogP contribution in [0, 0.1) is 0 Å². The maximum Gasteiger partial charge on any atom is 0.338 e. The number of halogens is 1. The van der Waals surface area contributed by atoms with Gasteiger partial charge in [0.05, 0.1) is 12.7 Å². The summed E-state index contributed by atoms with van der Waals surface area (Å²) >= 11 is 3.38. The summed E-state index contributed by atoms with van der Waals surface area (Å²) in [5.41, 5.74) is 1.91. The lowest BCUT2D eigenvalue weighted by Gasteiger charge is -2.09. The van der Waals surface area contributed by atoms with Crippen LogP contribution in [-0.4, -0.2) is 25.6 Å². The second kappa shape index (κ2) is 10.5. The number of carbonyl (C=O) groups excluding carboxylic acids is 2. The van der Waals surface area contributed by atoms with Crippen LogP contribution in [0.2, 0.25) is 0 Å². The van der Waals surface area contributed by atoms with E-state index in [0.29, 0.717) is 22.7 Å². The molecule has 0 saturated carbocycles. The first kappa shape index (κ1) is 21.4. The van der Waals surface area contributed by atoms with Crippen LogP contribution < -0.4 is 14.8 Å². The molecule has 1 N–H and O–H groups in total. The summed E-state index contributed by atoms with van der Waals surface area (Å²) in [7, 11) is 1.56. The monoisotopic (exact) mass is 469 g/mol. The number of amides is 1. The number of anilines is 1. The van der Waals surface area contributed by atoms with E-state index >= 15 is 0 Å². The van der Waals surface area contributed by atoms with E-state index in [2.05, 4.69) is 21.2 Å². The summed E-state index contributed by atoms with van der Waals surface area (Å²) in [6, 6.07) is 21.0. The van der Waals surface area contributed by atoms with Gasteiger partial charge in [-0.05, 0) is 54.1 Å². The lowest BCUT2D eigenvalue weighted by atomic mass is 10.2. The maximum absolute atomic E-state index is 12.2. The molecule has 0 aromatic heterocycles. The van der Waals surface area contributed by atoms with Gasteiger partial charge in [-0.3, -0.25) is 4.79 Å². The molecular weight excluding hydrogens is 450 g/mol. The number of benzene rings is 3. The van der Waals surface area contributed by atoms with E-state index in [-0.39, 0.29) is 19.1 Å². The Hall–Kier alpha value is -3.32. The highest BCUT2D eigenvalue weighted by Crippen LogP contribution is 2.18. The highest BCUT2D eigenvalue weighted by Gasteiger charge is 2.09. The number of hydrogen-bond donors (Lipinski definition) is 1. The Bertz CT molecular complexity index is 1020. The first-order chi connectivity index (χ1) is 14.5. The van der Waals surface area contributed by atoms with Crippen molar-refractivity contribution >= 4 is 33.5 Å². The van der Waals surface area contributed by atoms with Gasteiger partial charge >= 0.3 is 5.97 Å². The third-order valence-electron chi connectivity index (χ3n) is 4.07. The van der Waals surface area contributed by atoms with Crippen LogP contribution in [0.1, 0.15) is 15.9 Å². The third kappa shape index (κ3) is 6.35. The van der Waals surface area contributed by atoms with Crippen molar-refractivity contribution in [2.75, 3.05) is 19.0 Å².